The number of carbonyl (C=O) groups is 1. The summed E-state index contributed by atoms with van der Waals surface area (Å²) in [6.45, 7) is 3.54. The van der Waals surface area contributed by atoms with Gasteiger partial charge >= 0.3 is 6.09 Å². The molecule has 1 saturated heterocycles. The van der Waals surface area contributed by atoms with Crippen LogP contribution in [0.1, 0.15) is 24.8 Å². The van der Waals surface area contributed by atoms with E-state index in [0.717, 1.165) is 55.7 Å². The van der Waals surface area contributed by atoms with Crippen molar-refractivity contribution < 1.29 is 9.53 Å². The second kappa shape index (κ2) is 12.2. The summed E-state index contributed by atoms with van der Waals surface area (Å²) in [5, 5.41) is 7.27. The minimum absolute atomic E-state index is 0.315. The van der Waals surface area contributed by atoms with Gasteiger partial charge < -0.3 is 10.1 Å². The summed E-state index contributed by atoms with van der Waals surface area (Å²) in [6.07, 6.45) is 4.01. The van der Waals surface area contributed by atoms with Gasteiger partial charge in [0, 0.05) is 25.2 Å². The summed E-state index contributed by atoms with van der Waals surface area (Å²) >= 11 is 0. The first kappa shape index (κ1) is 23.0. The van der Waals surface area contributed by atoms with E-state index in [0.29, 0.717) is 13.2 Å². The van der Waals surface area contributed by atoms with Gasteiger partial charge in [0.15, 0.2) is 0 Å². The first-order valence-corrected chi connectivity index (χ1v) is 11.9. The number of hydrazine groups is 1. The van der Waals surface area contributed by atoms with Gasteiger partial charge in [-0.1, -0.05) is 85.3 Å². The fourth-order valence-electron chi connectivity index (χ4n) is 4.24. The molecule has 1 N–H and O–H groups in total. The number of rotatable bonds is 9. The molecule has 0 saturated carbocycles. The van der Waals surface area contributed by atoms with E-state index in [9.17, 15) is 4.79 Å². The van der Waals surface area contributed by atoms with Crippen LogP contribution in [0.5, 0.6) is 0 Å². The fraction of sp³-hybridized carbons (Fsp3) is 0.321. The average Bonchev–Trinajstić information content (AvgIpc) is 2.88. The maximum Gasteiger partial charge on any atom is 0.429 e. The van der Waals surface area contributed by atoms with Crippen LogP contribution >= 0.6 is 0 Å². The Morgan fingerprint density at radius 1 is 0.818 bits per heavy atom. The average molecular weight is 444 g/mol. The van der Waals surface area contributed by atoms with Crippen LogP contribution in [0.25, 0.3) is 11.1 Å². The number of hydrogen-bond acceptors (Lipinski definition) is 4. The lowest BCUT2D eigenvalue weighted by molar-refractivity contribution is 0.122. The van der Waals surface area contributed by atoms with Gasteiger partial charge in [0.25, 0.3) is 0 Å². The zero-order valence-electron chi connectivity index (χ0n) is 19.2. The van der Waals surface area contributed by atoms with Crippen LogP contribution in [-0.2, 0) is 11.2 Å². The quantitative estimate of drug-likeness (QED) is 0.442. The highest BCUT2D eigenvalue weighted by Gasteiger charge is 2.28. The third kappa shape index (κ3) is 6.44. The van der Waals surface area contributed by atoms with Gasteiger partial charge in [-0.15, -0.1) is 0 Å². The van der Waals surface area contributed by atoms with Crippen LogP contribution in [-0.4, -0.2) is 43.9 Å². The van der Waals surface area contributed by atoms with Crippen molar-refractivity contribution in [3.05, 3.63) is 90.5 Å². The Hall–Kier alpha value is -3.15. The molecule has 0 atom stereocenters. The van der Waals surface area contributed by atoms with Gasteiger partial charge in [-0.25, -0.2) is 14.8 Å². The topological polar surface area (TPSA) is 44.8 Å². The molecule has 33 heavy (non-hydrogen) atoms. The summed E-state index contributed by atoms with van der Waals surface area (Å²) in [5.74, 6) is 0. The van der Waals surface area contributed by atoms with Crippen LogP contribution in [0.2, 0.25) is 0 Å². The molecule has 1 aliphatic rings. The highest BCUT2D eigenvalue weighted by molar-refractivity contribution is 5.93. The molecule has 0 spiro atoms. The van der Waals surface area contributed by atoms with Gasteiger partial charge in [-0.05, 0) is 43.0 Å². The number of para-hydroxylation sites is 1. The first-order chi connectivity index (χ1) is 16.3. The lowest BCUT2D eigenvalue weighted by atomic mass is 10.0. The van der Waals surface area contributed by atoms with Crippen molar-refractivity contribution in [2.24, 2.45) is 0 Å². The summed E-state index contributed by atoms with van der Waals surface area (Å²) < 4.78 is 5.74. The minimum Gasteiger partial charge on any atom is -0.447 e. The Morgan fingerprint density at radius 3 is 2.24 bits per heavy atom. The van der Waals surface area contributed by atoms with E-state index in [4.69, 9.17) is 4.74 Å². The van der Waals surface area contributed by atoms with Crippen molar-refractivity contribution in [1.29, 1.82) is 0 Å². The molecule has 1 heterocycles. The Morgan fingerprint density at radius 2 is 1.48 bits per heavy atom. The Kier molecular flexibility index (Phi) is 8.50. The number of benzene rings is 3. The molecule has 1 amide bonds. The molecule has 5 heteroatoms. The smallest absolute Gasteiger partial charge is 0.429 e. The third-order valence-electron chi connectivity index (χ3n) is 5.94. The van der Waals surface area contributed by atoms with Gasteiger partial charge in [0.2, 0.25) is 0 Å². The number of nitrogens with one attached hydrogen (secondary N) is 1. The van der Waals surface area contributed by atoms with E-state index in [1.54, 1.807) is 5.01 Å². The van der Waals surface area contributed by atoms with Crippen LogP contribution < -0.4 is 10.3 Å². The molecule has 0 radical (unpaired) electrons. The zero-order chi connectivity index (χ0) is 22.7. The molecular weight excluding hydrogens is 410 g/mol. The molecule has 0 aliphatic carbocycles. The summed E-state index contributed by atoms with van der Waals surface area (Å²) in [4.78, 5) is 13.3. The second-order valence-corrected chi connectivity index (χ2v) is 8.31. The lowest BCUT2D eigenvalue weighted by Crippen LogP contribution is -2.50. The molecule has 4 rings (SSSR count). The van der Waals surface area contributed by atoms with Crippen molar-refractivity contribution in [2.45, 2.75) is 25.7 Å². The van der Waals surface area contributed by atoms with E-state index in [1.165, 1.54) is 12.0 Å². The van der Waals surface area contributed by atoms with Crippen LogP contribution in [0.15, 0.2) is 84.9 Å². The second-order valence-electron chi connectivity index (χ2n) is 8.31. The number of hydrogen-bond donors (Lipinski definition) is 1. The molecule has 3 aromatic rings. The Bertz CT molecular complexity index is 988. The summed E-state index contributed by atoms with van der Waals surface area (Å²) in [7, 11) is 0. The standard InChI is InChI=1S/C28H33N3O2/c32-28(33-23-20-29-19-18-24-12-4-1-5-13-24)31(30-21-10-3-11-22-30)27-17-9-8-16-26(27)25-14-6-2-7-15-25/h1-2,4-9,12-17,29H,3,10-11,18-23H2. The SMILES string of the molecule is O=C(OCCNCCc1ccccc1)N(c1ccccc1-c1ccccc1)N1CCCCC1. The molecule has 0 bridgehead atoms. The van der Waals surface area contributed by atoms with Gasteiger partial charge in [-0.3, -0.25) is 0 Å². The molecule has 0 aromatic heterocycles. The number of carbonyl (C=O) groups excluding carboxylic acids is 1. The Balaban J connectivity index is 1.41. The third-order valence-corrected chi connectivity index (χ3v) is 5.94. The maximum atomic E-state index is 13.3. The van der Waals surface area contributed by atoms with Crippen molar-refractivity contribution in [3.8, 4) is 11.1 Å². The molecule has 172 valence electrons. The van der Waals surface area contributed by atoms with E-state index in [1.807, 2.05) is 42.5 Å². The fourth-order valence-corrected chi connectivity index (χ4v) is 4.24. The predicted molar refractivity (Wildman–Crippen MR) is 134 cm³/mol. The molecule has 3 aromatic carbocycles. The minimum atomic E-state index is -0.315. The van der Waals surface area contributed by atoms with E-state index < -0.39 is 0 Å². The molecule has 0 unspecified atom stereocenters. The van der Waals surface area contributed by atoms with E-state index in [-0.39, 0.29) is 6.09 Å². The largest absolute Gasteiger partial charge is 0.447 e. The van der Waals surface area contributed by atoms with Crippen LogP contribution in [0.3, 0.4) is 0 Å². The molecule has 5 nitrogen and oxygen atoms in total. The van der Waals surface area contributed by atoms with Crippen molar-refractivity contribution in [2.75, 3.05) is 37.8 Å². The van der Waals surface area contributed by atoms with Gasteiger partial charge in [-0.2, -0.15) is 0 Å². The van der Waals surface area contributed by atoms with Gasteiger partial charge in [0.05, 0.1) is 5.69 Å². The monoisotopic (exact) mass is 443 g/mol. The normalized spacial score (nSPS) is 14.1. The number of anilines is 1. The van der Waals surface area contributed by atoms with E-state index in [2.05, 4.69) is 52.8 Å². The number of piperidine rings is 1. The molecule has 1 fully saturated rings. The Labute approximate surface area is 197 Å². The lowest BCUT2D eigenvalue weighted by Gasteiger charge is -2.37. The number of ether oxygens (including phenoxy) is 1. The van der Waals surface area contributed by atoms with Crippen molar-refractivity contribution in [3.63, 3.8) is 0 Å². The number of amides is 1. The predicted octanol–water partition coefficient (Wildman–Crippen LogP) is 5.53. The number of nitrogens with zero attached hydrogens (tertiary/aromatic N) is 2. The highest BCUT2D eigenvalue weighted by atomic mass is 16.6. The van der Waals surface area contributed by atoms with Gasteiger partial charge in [0.1, 0.15) is 6.61 Å². The zero-order valence-corrected chi connectivity index (χ0v) is 19.2. The summed E-state index contributed by atoms with van der Waals surface area (Å²) in [6, 6.07) is 28.7. The molecular formula is C28H33N3O2. The molecule has 1 aliphatic heterocycles. The first-order valence-electron chi connectivity index (χ1n) is 11.9. The van der Waals surface area contributed by atoms with Crippen LogP contribution in [0, 0.1) is 0 Å². The van der Waals surface area contributed by atoms with Crippen LogP contribution in [0.4, 0.5) is 10.5 Å². The highest BCUT2D eigenvalue weighted by Crippen LogP contribution is 2.33. The van der Waals surface area contributed by atoms with Crippen molar-refractivity contribution in [1.82, 2.24) is 10.3 Å². The van der Waals surface area contributed by atoms with E-state index >= 15 is 0 Å². The summed E-state index contributed by atoms with van der Waals surface area (Å²) in [5.41, 5.74) is 4.29. The maximum absolute atomic E-state index is 13.3. The van der Waals surface area contributed by atoms with Crippen molar-refractivity contribution >= 4 is 11.8 Å².